The van der Waals surface area contributed by atoms with Gasteiger partial charge in [0.25, 0.3) is 5.91 Å². The van der Waals surface area contributed by atoms with Gasteiger partial charge in [0, 0.05) is 13.6 Å². The highest BCUT2D eigenvalue weighted by Gasteiger charge is 2.16. The molecule has 0 spiro atoms. The van der Waals surface area contributed by atoms with Crippen molar-refractivity contribution in [3.8, 4) is 0 Å². The van der Waals surface area contributed by atoms with Crippen molar-refractivity contribution in [2.45, 2.75) is 6.42 Å². The van der Waals surface area contributed by atoms with Crippen molar-refractivity contribution < 1.29 is 9.18 Å². The number of hydrogen-bond donors (Lipinski definition) is 2. The van der Waals surface area contributed by atoms with Gasteiger partial charge in [-0.05, 0) is 32.1 Å². The Kier molecular flexibility index (Phi) is 4.90. The number of amides is 1. The van der Waals surface area contributed by atoms with E-state index >= 15 is 0 Å². The van der Waals surface area contributed by atoms with E-state index in [0.717, 1.165) is 13.0 Å². The first kappa shape index (κ1) is 13.4. The van der Waals surface area contributed by atoms with Crippen LogP contribution in [0.4, 0.5) is 10.1 Å². The normalized spacial score (nSPS) is 10.3. The van der Waals surface area contributed by atoms with Crippen molar-refractivity contribution in [1.29, 1.82) is 0 Å². The molecular formula is C12H18FN3O. The summed E-state index contributed by atoms with van der Waals surface area (Å²) in [5.41, 5.74) is 5.68. The van der Waals surface area contributed by atoms with E-state index in [4.69, 9.17) is 5.73 Å². The lowest BCUT2D eigenvalue weighted by molar-refractivity contribution is 0.0794. The molecule has 17 heavy (non-hydrogen) atoms. The third-order valence-electron chi connectivity index (χ3n) is 2.55. The third-order valence-corrected chi connectivity index (χ3v) is 2.55. The number of carbonyl (C=O) groups is 1. The number of carbonyl (C=O) groups excluding carboxylic acids is 1. The standard InChI is InChI=1S/C12H18FN3O/c1-15-7-4-8-16(2)12(17)9-5-3-6-10(13)11(9)14/h3,5-6,15H,4,7-8,14H2,1-2H3. The van der Waals surface area contributed by atoms with Crippen molar-refractivity contribution in [3.05, 3.63) is 29.6 Å². The summed E-state index contributed by atoms with van der Waals surface area (Å²) in [7, 11) is 3.54. The topological polar surface area (TPSA) is 58.4 Å². The number of para-hydroxylation sites is 1. The number of hydrogen-bond acceptors (Lipinski definition) is 3. The van der Waals surface area contributed by atoms with Gasteiger partial charge in [0.15, 0.2) is 0 Å². The Bertz CT molecular complexity index is 395. The second-order valence-electron chi connectivity index (χ2n) is 3.88. The monoisotopic (exact) mass is 239 g/mol. The quantitative estimate of drug-likeness (QED) is 0.597. The van der Waals surface area contributed by atoms with Gasteiger partial charge in [-0.2, -0.15) is 0 Å². The largest absolute Gasteiger partial charge is 0.396 e. The molecule has 1 amide bonds. The second-order valence-corrected chi connectivity index (χ2v) is 3.88. The number of rotatable bonds is 5. The number of nitrogens with zero attached hydrogens (tertiary/aromatic N) is 1. The maximum absolute atomic E-state index is 13.2. The highest BCUT2D eigenvalue weighted by atomic mass is 19.1. The van der Waals surface area contributed by atoms with E-state index in [2.05, 4.69) is 5.32 Å². The van der Waals surface area contributed by atoms with E-state index in [1.807, 2.05) is 7.05 Å². The number of benzene rings is 1. The average Bonchev–Trinajstić information content (AvgIpc) is 2.32. The highest BCUT2D eigenvalue weighted by molar-refractivity contribution is 5.99. The van der Waals surface area contributed by atoms with E-state index in [9.17, 15) is 9.18 Å². The molecule has 0 bridgehead atoms. The molecule has 0 radical (unpaired) electrons. The van der Waals surface area contributed by atoms with Crippen molar-refractivity contribution >= 4 is 11.6 Å². The Morgan fingerprint density at radius 2 is 2.24 bits per heavy atom. The minimum Gasteiger partial charge on any atom is -0.396 e. The SMILES string of the molecule is CNCCCN(C)C(=O)c1cccc(F)c1N. The zero-order valence-electron chi connectivity index (χ0n) is 10.2. The number of halogens is 1. The van der Waals surface area contributed by atoms with Gasteiger partial charge in [0.05, 0.1) is 11.3 Å². The maximum atomic E-state index is 13.2. The van der Waals surface area contributed by atoms with Gasteiger partial charge in [-0.15, -0.1) is 0 Å². The van der Waals surface area contributed by atoms with E-state index in [0.29, 0.717) is 6.54 Å². The van der Waals surface area contributed by atoms with Crippen LogP contribution in [0.5, 0.6) is 0 Å². The van der Waals surface area contributed by atoms with Crippen LogP contribution in [0.3, 0.4) is 0 Å². The first-order valence-electron chi connectivity index (χ1n) is 5.52. The van der Waals surface area contributed by atoms with Gasteiger partial charge in [-0.25, -0.2) is 4.39 Å². The van der Waals surface area contributed by atoms with Crippen molar-refractivity contribution in [1.82, 2.24) is 10.2 Å². The smallest absolute Gasteiger partial charge is 0.255 e. The molecule has 0 aliphatic heterocycles. The fourth-order valence-corrected chi connectivity index (χ4v) is 1.52. The Labute approximate surface area is 101 Å². The van der Waals surface area contributed by atoms with Gasteiger partial charge in [0.2, 0.25) is 0 Å². The van der Waals surface area contributed by atoms with E-state index in [-0.39, 0.29) is 17.2 Å². The zero-order chi connectivity index (χ0) is 12.8. The number of nitrogens with two attached hydrogens (primary N) is 1. The molecular weight excluding hydrogens is 221 g/mol. The van der Waals surface area contributed by atoms with Crippen LogP contribution in [-0.2, 0) is 0 Å². The van der Waals surface area contributed by atoms with Gasteiger partial charge in [-0.3, -0.25) is 4.79 Å². The lowest BCUT2D eigenvalue weighted by Gasteiger charge is -2.18. The van der Waals surface area contributed by atoms with Crippen molar-refractivity contribution in [3.63, 3.8) is 0 Å². The fourth-order valence-electron chi connectivity index (χ4n) is 1.52. The summed E-state index contributed by atoms with van der Waals surface area (Å²) in [5.74, 6) is -0.808. The van der Waals surface area contributed by atoms with Crippen molar-refractivity contribution in [2.75, 3.05) is 32.9 Å². The minimum atomic E-state index is -0.556. The Morgan fingerprint density at radius 3 is 2.88 bits per heavy atom. The predicted molar refractivity (Wildman–Crippen MR) is 66.3 cm³/mol. The Morgan fingerprint density at radius 1 is 1.53 bits per heavy atom. The molecule has 1 aromatic carbocycles. The summed E-state index contributed by atoms with van der Waals surface area (Å²) >= 11 is 0. The molecule has 0 aliphatic carbocycles. The summed E-state index contributed by atoms with van der Waals surface area (Å²) in [6.07, 6.45) is 0.841. The van der Waals surface area contributed by atoms with E-state index < -0.39 is 5.82 Å². The van der Waals surface area contributed by atoms with Gasteiger partial charge in [-0.1, -0.05) is 6.07 Å². The van der Waals surface area contributed by atoms with Gasteiger partial charge in [0.1, 0.15) is 5.82 Å². The lowest BCUT2D eigenvalue weighted by Crippen LogP contribution is -2.30. The van der Waals surface area contributed by atoms with Crippen LogP contribution in [0.25, 0.3) is 0 Å². The first-order valence-corrected chi connectivity index (χ1v) is 5.52. The predicted octanol–water partition coefficient (Wildman–Crippen LogP) is 1.09. The van der Waals surface area contributed by atoms with Crippen LogP contribution >= 0.6 is 0 Å². The van der Waals surface area contributed by atoms with E-state index in [1.54, 1.807) is 11.9 Å². The summed E-state index contributed by atoms with van der Waals surface area (Å²) in [6, 6.07) is 4.27. The van der Waals surface area contributed by atoms with Crippen LogP contribution in [0.15, 0.2) is 18.2 Å². The first-order chi connectivity index (χ1) is 8.07. The highest BCUT2D eigenvalue weighted by Crippen LogP contribution is 2.17. The molecule has 0 saturated carbocycles. The van der Waals surface area contributed by atoms with Crippen LogP contribution in [-0.4, -0.2) is 38.0 Å². The number of nitrogen functional groups attached to an aromatic ring is 1. The Balaban J connectivity index is 2.71. The fraction of sp³-hybridized carbons (Fsp3) is 0.417. The summed E-state index contributed by atoms with van der Waals surface area (Å²) in [6.45, 7) is 1.44. The molecule has 0 heterocycles. The zero-order valence-corrected chi connectivity index (χ0v) is 10.2. The number of nitrogens with one attached hydrogen (secondary N) is 1. The molecule has 0 saturated heterocycles. The molecule has 1 aromatic rings. The van der Waals surface area contributed by atoms with E-state index in [1.165, 1.54) is 18.2 Å². The molecule has 1 rings (SSSR count). The molecule has 0 aliphatic rings. The molecule has 4 nitrogen and oxygen atoms in total. The van der Waals surface area contributed by atoms with Gasteiger partial charge < -0.3 is 16.0 Å². The lowest BCUT2D eigenvalue weighted by atomic mass is 10.1. The van der Waals surface area contributed by atoms with Crippen LogP contribution in [0.1, 0.15) is 16.8 Å². The second kappa shape index (κ2) is 6.20. The minimum absolute atomic E-state index is 0.0852. The van der Waals surface area contributed by atoms with Crippen LogP contribution in [0, 0.1) is 5.82 Å². The molecule has 3 N–H and O–H groups in total. The maximum Gasteiger partial charge on any atom is 0.255 e. The summed E-state index contributed by atoms with van der Waals surface area (Å²) in [4.78, 5) is 13.5. The molecule has 5 heteroatoms. The molecule has 0 unspecified atom stereocenters. The molecule has 94 valence electrons. The van der Waals surface area contributed by atoms with Crippen LogP contribution in [0.2, 0.25) is 0 Å². The summed E-state index contributed by atoms with van der Waals surface area (Å²) < 4.78 is 13.2. The van der Waals surface area contributed by atoms with Gasteiger partial charge >= 0.3 is 0 Å². The summed E-state index contributed by atoms with van der Waals surface area (Å²) in [5, 5.41) is 3.00. The third kappa shape index (κ3) is 3.42. The molecule has 0 aromatic heterocycles. The van der Waals surface area contributed by atoms with Crippen LogP contribution < -0.4 is 11.1 Å². The van der Waals surface area contributed by atoms with Crippen molar-refractivity contribution in [2.24, 2.45) is 0 Å². The number of anilines is 1. The Hall–Kier alpha value is -1.62. The molecule has 0 atom stereocenters. The molecule has 0 fully saturated rings. The average molecular weight is 239 g/mol.